The number of aryl methyl sites for hydroxylation is 1. The van der Waals surface area contributed by atoms with Gasteiger partial charge in [-0.1, -0.05) is 30.3 Å². The molecule has 0 aromatic heterocycles. The molecular weight excluding hydrogens is 252 g/mol. The van der Waals surface area contributed by atoms with Crippen LogP contribution in [-0.4, -0.2) is 18.8 Å². The van der Waals surface area contributed by atoms with E-state index in [1.165, 1.54) is 0 Å². The van der Waals surface area contributed by atoms with Crippen LogP contribution in [0.4, 0.5) is 0 Å². The third-order valence-electron chi connectivity index (χ3n) is 3.26. The lowest BCUT2D eigenvalue weighted by molar-refractivity contribution is 0.211. The van der Waals surface area contributed by atoms with E-state index in [9.17, 15) is 5.11 Å². The lowest BCUT2D eigenvalue weighted by atomic mass is 9.99. The molecule has 0 spiro atoms. The number of ether oxygens (including phenoxy) is 2. The average Bonchev–Trinajstić information content (AvgIpc) is 2.48. The third kappa shape index (κ3) is 2.94. The van der Waals surface area contributed by atoms with E-state index in [1.54, 1.807) is 7.11 Å². The SMILES string of the molecule is CCOc1ccccc1C(O)c1ccc(C)c(OC)c1. The highest BCUT2D eigenvalue weighted by molar-refractivity contribution is 5.44. The molecule has 1 unspecified atom stereocenters. The summed E-state index contributed by atoms with van der Waals surface area (Å²) in [6.07, 6.45) is -0.729. The van der Waals surface area contributed by atoms with Crippen molar-refractivity contribution in [2.75, 3.05) is 13.7 Å². The van der Waals surface area contributed by atoms with E-state index >= 15 is 0 Å². The van der Waals surface area contributed by atoms with Crippen LogP contribution in [0.5, 0.6) is 11.5 Å². The molecule has 3 nitrogen and oxygen atoms in total. The van der Waals surface area contributed by atoms with Crippen molar-refractivity contribution in [3.63, 3.8) is 0 Å². The first-order valence-corrected chi connectivity index (χ1v) is 6.71. The van der Waals surface area contributed by atoms with Crippen LogP contribution in [0.3, 0.4) is 0 Å². The van der Waals surface area contributed by atoms with Gasteiger partial charge < -0.3 is 14.6 Å². The molecule has 0 saturated heterocycles. The molecule has 0 aliphatic carbocycles. The Labute approximate surface area is 119 Å². The smallest absolute Gasteiger partial charge is 0.125 e. The molecule has 2 rings (SSSR count). The Morgan fingerprint density at radius 3 is 2.55 bits per heavy atom. The molecule has 0 amide bonds. The maximum Gasteiger partial charge on any atom is 0.125 e. The highest BCUT2D eigenvalue weighted by Gasteiger charge is 2.16. The van der Waals surface area contributed by atoms with Gasteiger partial charge in [0.25, 0.3) is 0 Å². The molecular formula is C17H20O3. The first kappa shape index (κ1) is 14.4. The minimum atomic E-state index is -0.729. The fraction of sp³-hybridized carbons (Fsp3) is 0.294. The number of hydrogen-bond acceptors (Lipinski definition) is 3. The molecule has 0 fully saturated rings. The van der Waals surface area contributed by atoms with Gasteiger partial charge in [0.2, 0.25) is 0 Å². The lowest BCUT2D eigenvalue weighted by Gasteiger charge is -2.17. The van der Waals surface area contributed by atoms with E-state index in [4.69, 9.17) is 9.47 Å². The normalized spacial score (nSPS) is 12.0. The predicted octanol–water partition coefficient (Wildman–Crippen LogP) is 3.48. The Balaban J connectivity index is 2.38. The first-order valence-electron chi connectivity index (χ1n) is 6.71. The predicted molar refractivity (Wildman–Crippen MR) is 79.4 cm³/mol. The van der Waals surface area contributed by atoms with Crippen LogP contribution in [0.1, 0.15) is 29.7 Å². The zero-order chi connectivity index (χ0) is 14.5. The Hall–Kier alpha value is -2.00. The standard InChI is InChI=1S/C17H20O3/c1-4-20-15-8-6-5-7-14(15)17(18)13-10-9-12(2)16(11-13)19-3/h5-11,17-18H,4H2,1-3H3. The quantitative estimate of drug-likeness (QED) is 0.905. The Morgan fingerprint density at radius 2 is 1.85 bits per heavy atom. The van der Waals surface area contributed by atoms with Crippen molar-refractivity contribution in [2.45, 2.75) is 20.0 Å². The topological polar surface area (TPSA) is 38.7 Å². The van der Waals surface area contributed by atoms with Crippen LogP contribution in [0.2, 0.25) is 0 Å². The number of para-hydroxylation sites is 1. The van der Waals surface area contributed by atoms with Gasteiger partial charge in [-0.2, -0.15) is 0 Å². The van der Waals surface area contributed by atoms with E-state index in [1.807, 2.05) is 56.3 Å². The number of methoxy groups -OCH3 is 1. The van der Waals surface area contributed by atoms with Crippen molar-refractivity contribution in [1.82, 2.24) is 0 Å². The number of hydrogen-bond donors (Lipinski definition) is 1. The van der Waals surface area contributed by atoms with Gasteiger partial charge in [-0.25, -0.2) is 0 Å². The fourth-order valence-electron chi connectivity index (χ4n) is 2.18. The molecule has 3 heteroatoms. The average molecular weight is 272 g/mol. The molecule has 2 aromatic carbocycles. The number of rotatable bonds is 5. The molecule has 0 bridgehead atoms. The maximum absolute atomic E-state index is 10.6. The van der Waals surface area contributed by atoms with Gasteiger partial charge in [0.05, 0.1) is 13.7 Å². The molecule has 0 aliphatic rings. The number of benzene rings is 2. The minimum absolute atomic E-state index is 0.570. The second-order valence-electron chi connectivity index (χ2n) is 4.60. The van der Waals surface area contributed by atoms with Gasteiger partial charge in [0.15, 0.2) is 0 Å². The van der Waals surface area contributed by atoms with Gasteiger partial charge in [-0.05, 0) is 37.1 Å². The van der Waals surface area contributed by atoms with Crippen molar-refractivity contribution < 1.29 is 14.6 Å². The van der Waals surface area contributed by atoms with Crippen molar-refractivity contribution in [2.24, 2.45) is 0 Å². The van der Waals surface area contributed by atoms with E-state index in [-0.39, 0.29) is 0 Å². The van der Waals surface area contributed by atoms with Crippen LogP contribution in [0, 0.1) is 6.92 Å². The Bertz CT molecular complexity index is 578. The highest BCUT2D eigenvalue weighted by atomic mass is 16.5. The van der Waals surface area contributed by atoms with E-state index < -0.39 is 6.10 Å². The van der Waals surface area contributed by atoms with Gasteiger partial charge in [-0.15, -0.1) is 0 Å². The molecule has 2 aromatic rings. The monoisotopic (exact) mass is 272 g/mol. The molecule has 0 aliphatic heterocycles. The van der Waals surface area contributed by atoms with E-state index in [2.05, 4.69) is 0 Å². The highest BCUT2D eigenvalue weighted by Crippen LogP contribution is 2.32. The summed E-state index contributed by atoms with van der Waals surface area (Å²) >= 11 is 0. The van der Waals surface area contributed by atoms with Crippen molar-refractivity contribution in [3.8, 4) is 11.5 Å². The second-order valence-corrected chi connectivity index (χ2v) is 4.60. The van der Waals surface area contributed by atoms with Crippen LogP contribution >= 0.6 is 0 Å². The van der Waals surface area contributed by atoms with Gasteiger partial charge in [-0.3, -0.25) is 0 Å². The summed E-state index contributed by atoms with van der Waals surface area (Å²) in [6.45, 7) is 4.47. The Kier molecular flexibility index (Phi) is 4.64. The van der Waals surface area contributed by atoms with Crippen molar-refractivity contribution in [3.05, 3.63) is 59.2 Å². The zero-order valence-corrected chi connectivity index (χ0v) is 12.1. The molecule has 106 valence electrons. The van der Waals surface area contributed by atoms with Crippen LogP contribution < -0.4 is 9.47 Å². The third-order valence-corrected chi connectivity index (χ3v) is 3.26. The summed E-state index contributed by atoms with van der Waals surface area (Å²) in [6, 6.07) is 13.3. The summed E-state index contributed by atoms with van der Waals surface area (Å²) in [5, 5.41) is 10.6. The maximum atomic E-state index is 10.6. The van der Waals surface area contributed by atoms with Gasteiger partial charge >= 0.3 is 0 Å². The Morgan fingerprint density at radius 1 is 1.10 bits per heavy atom. The van der Waals surface area contributed by atoms with Crippen LogP contribution in [-0.2, 0) is 0 Å². The fourth-order valence-corrected chi connectivity index (χ4v) is 2.18. The van der Waals surface area contributed by atoms with Crippen molar-refractivity contribution in [1.29, 1.82) is 0 Å². The van der Waals surface area contributed by atoms with E-state index in [0.717, 1.165) is 22.4 Å². The molecule has 0 radical (unpaired) electrons. The largest absolute Gasteiger partial charge is 0.496 e. The number of aliphatic hydroxyl groups excluding tert-OH is 1. The molecule has 1 atom stereocenters. The summed E-state index contributed by atoms with van der Waals surface area (Å²) in [5.74, 6) is 1.48. The summed E-state index contributed by atoms with van der Waals surface area (Å²) in [7, 11) is 1.63. The lowest BCUT2D eigenvalue weighted by Crippen LogP contribution is -2.04. The minimum Gasteiger partial charge on any atom is -0.496 e. The molecule has 1 N–H and O–H groups in total. The van der Waals surface area contributed by atoms with Gasteiger partial charge in [0.1, 0.15) is 17.6 Å². The number of aliphatic hydroxyl groups is 1. The summed E-state index contributed by atoms with van der Waals surface area (Å²) in [5.41, 5.74) is 2.60. The molecule has 20 heavy (non-hydrogen) atoms. The zero-order valence-electron chi connectivity index (χ0n) is 12.1. The first-order chi connectivity index (χ1) is 9.67. The summed E-state index contributed by atoms with van der Waals surface area (Å²) in [4.78, 5) is 0. The van der Waals surface area contributed by atoms with Crippen molar-refractivity contribution >= 4 is 0 Å². The second kappa shape index (κ2) is 6.44. The molecule has 0 heterocycles. The van der Waals surface area contributed by atoms with E-state index in [0.29, 0.717) is 12.4 Å². The molecule has 0 saturated carbocycles. The van der Waals surface area contributed by atoms with Gasteiger partial charge in [0, 0.05) is 5.56 Å². The van der Waals surface area contributed by atoms with Crippen LogP contribution in [0.15, 0.2) is 42.5 Å². The summed E-state index contributed by atoms with van der Waals surface area (Å²) < 4.78 is 10.9. The van der Waals surface area contributed by atoms with Crippen LogP contribution in [0.25, 0.3) is 0 Å².